The van der Waals surface area contributed by atoms with Crippen molar-refractivity contribution in [2.45, 2.75) is 50.2 Å². The molecule has 1 aromatic rings. The minimum absolute atomic E-state index is 0.512. The van der Waals surface area contributed by atoms with E-state index in [0.717, 1.165) is 30.1 Å². The van der Waals surface area contributed by atoms with Gasteiger partial charge in [0.1, 0.15) is 0 Å². The maximum Gasteiger partial charge on any atom is 0.0378 e. The first-order valence-electron chi connectivity index (χ1n) is 7.76. The molecule has 2 saturated heterocycles. The number of fused-ring (bicyclic) bond motifs is 2. The number of aromatic nitrogens is 1. The number of nitrogens with two attached hydrogens (primary N) is 1. The molecular weight excluding hydrogens is 248 g/mol. The first-order chi connectivity index (χ1) is 9.69. The van der Waals surface area contributed by atoms with Crippen molar-refractivity contribution in [1.29, 1.82) is 0 Å². The third-order valence-electron chi connectivity index (χ3n) is 5.46. The summed E-state index contributed by atoms with van der Waals surface area (Å²) in [5.41, 5.74) is 8.12. The quantitative estimate of drug-likeness (QED) is 0.877. The second-order valence-electron chi connectivity index (χ2n) is 6.46. The molecule has 0 aliphatic carbocycles. The van der Waals surface area contributed by atoms with E-state index in [1.807, 2.05) is 12.3 Å². The Kier molecular flexibility index (Phi) is 3.94. The van der Waals surface area contributed by atoms with Crippen molar-refractivity contribution in [2.24, 2.45) is 5.92 Å². The van der Waals surface area contributed by atoms with E-state index < -0.39 is 0 Å². The van der Waals surface area contributed by atoms with Crippen LogP contribution >= 0.6 is 0 Å². The Hall–Kier alpha value is -1.13. The fourth-order valence-corrected chi connectivity index (χ4v) is 4.13. The molecule has 0 saturated carbocycles. The lowest BCUT2D eigenvalue weighted by Gasteiger charge is -2.40. The molecule has 3 rings (SSSR count). The minimum Gasteiger partial charge on any atom is -0.398 e. The van der Waals surface area contributed by atoms with Crippen LogP contribution in [0.15, 0.2) is 18.5 Å². The van der Waals surface area contributed by atoms with Crippen LogP contribution in [0.4, 0.5) is 5.69 Å². The molecule has 3 unspecified atom stereocenters. The number of rotatable bonds is 4. The van der Waals surface area contributed by atoms with Gasteiger partial charge in [-0.15, -0.1) is 0 Å². The van der Waals surface area contributed by atoms with Crippen molar-refractivity contribution >= 4 is 5.69 Å². The molecule has 0 radical (unpaired) electrons. The van der Waals surface area contributed by atoms with Crippen LogP contribution in [0.5, 0.6) is 0 Å². The highest BCUT2D eigenvalue weighted by Gasteiger charge is 2.40. The van der Waals surface area contributed by atoms with E-state index in [4.69, 9.17) is 5.73 Å². The summed E-state index contributed by atoms with van der Waals surface area (Å²) in [4.78, 5) is 6.82. The lowest BCUT2D eigenvalue weighted by molar-refractivity contribution is 0.114. The van der Waals surface area contributed by atoms with Gasteiger partial charge in [0, 0.05) is 36.2 Å². The molecule has 20 heavy (non-hydrogen) atoms. The number of hydrogen-bond acceptors (Lipinski definition) is 4. The van der Waals surface area contributed by atoms with Gasteiger partial charge in [-0.2, -0.15) is 0 Å². The van der Waals surface area contributed by atoms with E-state index >= 15 is 0 Å². The summed E-state index contributed by atoms with van der Waals surface area (Å²) in [6, 6.07) is 4.00. The lowest BCUT2D eigenvalue weighted by atomic mass is 9.82. The molecule has 3 heterocycles. The van der Waals surface area contributed by atoms with E-state index in [9.17, 15) is 0 Å². The zero-order valence-electron chi connectivity index (χ0n) is 12.5. The second-order valence-corrected chi connectivity index (χ2v) is 6.46. The molecule has 3 atom stereocenters. The zero-order valence-corrected chi connectivity index (χ0v) is 12.5. The Morgan fingerprint density at radius 2 is 2.10 bits per heavy atom. The predicted molar refractivity (Wildman–Crippen MR) is 82.5 cm³/mol. The maximum atomic E-state index is 6.07. The molecule has 4 nitrogen and oxygen atoms in total. The molecule has 2 fully saturated rings. The SMILES string of the molecule is CNC(Cc1cnccc1N)C1CC2CCC(C1)N2C. The van der Waals surface area contributed by atoms with Crippen LogP contribution < -0.4 is 11.1 Å². The van der Waals surface area contributed by atoms with Gasteiger partial charge in [-0.1, -0.05) is 0 Å². The molecular formula is C16H26N4. The maximum absolute atomic E-state index is 6.07. The van der Waals surface area contributed by atoms with E-state index in [-0.39, 0.29) is 0 Å². The van der Waals surface area contributed by atoms with Gasteiger partial charge < -0.3 is 16.0 Å². The van der Waals surface area contributed by atoms with Gasteiger partial charge in [0.15, 0.2) is 0 Å². The molecule has 2 aliphatic heterocycles. The average Bonchev–Trinajstić information content (AvgIpc) is 2.67. The Morgan fingerprint density at radius 3 is 2.70 bits per heavy atom. The number of nitrogens with zero attached hydrogens (tertiary/aromatic N) is 2. The van der Waals surface area contributed by atoms with Crippen LogP contribution in [0.3, 0.4) is 0 Å². The van der Waals surface area contributed by atoms with Gasteiger partial charge in [-0.05, 0) is 63.7 Å². The highest BCUT2D eigenvalue weighted by atomic mass is 15.2. The zero-order chi connectivity index (χ0) is 14.1. The molecule has 0 amide bonds. The summed E-state index contributed by atoms with van der Waals surface area (Å²) < 4.78 is 0. The Labute approximate surface area is 121 Å². The van der Waals surface area contributed by atoms with E-state index in [1.165, 1.54) is 31.2 Å². The standard InChI is InChI=1S/C16H26N4/c1-18-16(9-12-10-19-6-5-15(12)17)11-7-13-3-4-14(8-11)20(13)2/h5-6,10-11,13-14,16,18H,3-4,7-9H2,1-2H3,(H2,17,19). The first kappa shape index (κ1) is 13.8. The van der Waals surface area contributed by atoms with Gasteiger partial charge in [0.2, 0.25) is 0 Å². The summed E-state index contributed by atoms with van der Waals surface area (Å²) in [7, 11) is 4.38. The number of pyridine rings is 1. The molecule has 1 aromatic heterocycles. The molecule has 4 heteroatoms. The number of nitrogen functional groups attached to an aromatic ring is 1. The van der Waals surface area contributed by atoms with Gasteiger partial charge in [0.05, 0.1) is 0 Å². The van der Waals surface area contributed by atoms with Crippen molar-refractivity contribution in [3.63, 3.8) is 0 Å². The Balaban J connectivity index is 1.70. The summed E-state index contributed by atoms with van der Waals surface area (Å²) in [5.74, 6) is 0.758. The van der Waals surface area contributed by atoms with Crippen molar-refractivity contribution in [3.05, 3.63) is 24.0 Å². The first-order valence-corrected chi connectivity index (χ1v) is 7.76. The molecule has 0 spiro atoms. The third-order valence-corrected chi connectivity index (χ3v) is 5.46. The molecule has 2 aliphatic rings. The largest absolute Gasteiger partial charge is 0.398 e. The lowest BCUT2D eigenvalue weighted by Crippen LogP contribution is -2.47. The number of hydrogen-bond donors (Lipinski definition) is 2. The van der Waals surface area contributed by atoms with Crippen molar-refractivity contribution in [1.82, 2.24) is 15.2 Å². The molecule has 0 aromatic carbocycles. The second kappa shape index (κ2) is 5.70. The summed E-state index contributed by atoms with van der Waals surface area (Å²) in [5, 5.41) is 3.53. The van der Waals surface area contributed by atoms with E-state index in [1.54, 1.807) is 6.20 Å². The molecule has 3 N–H and O–H groups in total. The minimum atomic E-state index is 0.512. The monoisotopic (exact) mass is 274 g/mol. The Bertz CT molecular complexity index is 448. The number of anilines is 1. The van der Waals surface area contributed by atoms with Crippen LogP contribution in [0.25, 0.3) is 0 Å². The van der Waals surface area contributed by atoms with Gasteiger partial charge in [0.25, 0.3) is 0 Å². The topological polar surface area (TPSA) is 54.2 Å². The molecule has 2 bridgehead atoms. The van der Waals surface area contributed by atoms with Crippen molar-refractivity contribution in [3.8, 4) is 0 Å². The number of piperidine rings is 1. The smallest absolute Gasteiger partial charge is 0.0378 e. The van der Waals surface area contributed by atoms with Gasteiger partial charge in [-0.25, -0.2) is 0 Å². The van der Waals surface area contributed by atoms with Crippen LogP contribution in [0.2, 0.25) is 0 Å². The van der Waals surface area contributed by atoms with Crippen LogP contribution in [-0.4, -0.2) is 42.1 Å². The summed E-state index contributed by atoms with van der Waals surface area (Å²) in [6.07, 6.45) is 10.1. The van der Waals surface area contributed by atoms with Gasteiger partial charge >= 0.3 is 0 Å². The average molecular weight is 274 g/mol. The molecule has 110 valence electrons. The van der Waals surface area contributed by atoms with Crippen molar-refractivity contribution < 1.29 is 0 Å². The fraction of sp³-hybridized carbons (Fsp3) is 0.688. The van der Waals surface area contributed by atoms with Crippen LogP contribution in [0.1, 0.15) is 31.2 Å². The Morgan fingerprint density at radius 1 is 1.40 bits per heavy atom. The third kappa shape index (κ3) is 2.54. The fourth-order valence-electron chi connectivity index (χ4n) is 4.13. The predicted octanol–water partition coefficient (Wildman–Crippen LogP) is 1.67. The number of nitrogens with one attached hydrogen (secondary N) is 1. The van der Waals surface area contributed by atoms with Gasteiger partial charge in [-0.3, -0.25) is 4.98 Å². The highest BCUT2D eigenvalue weighted by molar-refractivity contribution is 5.44. The summed E-state index contributed by atoms with van der Waals surface area (Å²) in [6.45, 7) is 0. The summed E-state index contributed by atoms with van der Waals surface area (Å²) >= 11 is 0. The van der Waals surface area contributed by atoms with Crippen LogP contribution in [-0.2, 0) is 6.42 Å². The highest BCUT2D eigenvalue weighted by Crippen LogP contribution is 2.39. The van der Waals surface area contributed by atoms with Crippen molar-refractivity contribution in [2.75, 3.05) is 19.8 Å². The number of likely N-dealkylation sites (N-methyl/N-ethyl adjacent to an activating group) is 1. The van der Waals surface area contributed by atoms with Crippen LogP contribution in [0, 0.1) is 5.92 Å². The van der Waals surface area contributed by atoms with E-state index in [0.29, 0.717) is 6.04 Å². The normalized spacial score (nSPS) is 31.4. The van der Waals surface area contributed by atoms with E-state index in [2.05, 4.69) is 29.3 Å².